The van der Waals surface area contributed by atoms with Crippen LogP contribution in [0.5, 0.6) is 0 Å². The average molecular weight is 292 g/mol. The molecule has 2 aromatic heterocycles. The van der Waals surface area contributed by atoms with Gasteiger partial charge >= 0.3 is 5.69 Å². The van der Waals surface area contributed by atoms with E-state index in [0.29, 0.717) is 19.5 Å². The predicted molar refractivity (Wildman–Crippen MR) is 81.4 cm³/mol. The molecule has 0 bridgehead atoms. The topological polar surface area (TPSA) is 122 Å². The van der Waals surface area contributed by atoms with Crippen molar-refractivity contribution in [3.05, 3.63) is 39.1 Å². The number of imidazole rings is 1. The van der Waals surface area contributed by atoms with Gasteiger partial charge in [0.25, 0.3) is 5.56 Å². The number of unbranched alkanes of at least 4 members (excludes halogenated alkanes) is 1. The Labute approximate surface area is 121 Å². The second-order valence-electron chi connectivity index (χ2n) is 4.78. The van der Waals surface area contributed by atoms with Crippen molar-refractivity contribution in [2.75, 3.05) is 17.6 Å². The SMILES string of the molecule is CCCCn1c(N)c(NCCc2cnc[nH]2)c(=O)[nH]c1=O. The number of hydrogen-bond donors (Lipinski definition) is 4. The zero-order valence-electron chi connectivity index (χ0n) is 12.0. The van der Waals surface area contributed by atoms with Gasteiger partial charge < -0.3 is 16.0 Å². The maximum atomic E-state index is 11.8. The van der Waals surface area contributed by atoms with Crippen LogP contribution in [0.4, 0.5) is 11.5 Å². The monoisotopic (exact) mass is 292 g/mol. The van der Waals surface area contributed by atoms with Gasteiger partial charge in [-0.3, -0.25) is 14.3 Å². The third-order valence-electron chi connectivity index (χ3n) is 3.23. The van der Waals surface area contributed by atoms with Crippen LogP contribution in [0, 0.1) is 0 Å². The second-order valence-corrected chi connectivity index (χ2v) is 4.78. The lowest BCUT2D eigenvalue weighted by Crippen LogP contribution is -2.34. The number of aromatic amines is 2. The highest BCUT2D eigenvalue weighted by Gasteiger charge is 2.11. The molecule has 0 fully saturated rings. The molecular weight excluding hydrogens is 272 g/mol. The molecule has 8 nitrogen and oxygen atoms in total. The number of anilines is 2. The van der Waals surface area contributed by atoms with Crippen LogP contribution in [0.1, 0.15) is 25.5 Å². The van der Waals surface area contributed by atoms with Crippen molar-refractivity contribution in [1.29, 1.82) is 0 Å². The van der Waals surface area contributed by atoms with Crippen LogP contribution in [0.15, 0.2) is 22.1 Å². The van der Waals surface area contributed by atoms with Gasteiger partial charge in [0.15, 0.2) is 0 Å². The molecule has 0 amide bonds. The van der Waals surface area contributed by atoms with E-state index in [1.807, 2.05) is 6.92 Å². The number of aromatic nitrogens is 4. The van der Waals surface area contributed by atoms with Gasteiger partial charge in [0.2, 0.25) is 0 Å². The molecule has 8 heteroatoms. The van der Waals surface area contributed by atoms with Gasteiger partial charge in [-0.15, -0.1) is 0 Å². The van der Waals surface area contributed by atoms with Gasteiger partial charge in [-0.1, -0.05) is 13.3 Å². The summed E-state index contributed by atoms with van der Waals surface area (Å²) < 4.78 is 1.39. The maximum absolute atomic E-state index is 11.8. The third kappa shape index (κ3) is 3.53. The number of nitrogen functional groups attached to an aromatic ring is 1. The molecule has 0 atom stereocenters. The van der Waals surface area contributed by atoms with E-state index < -0.39 is 11.2 Å². The second kappa shape index (κ2) is 6.78. The van der Waals surface area contributed by atoms with Crippen molar-refractivity contribution < 1.29 is 0 Å². The van der Waals surface area contributed by atoms with Crippen LogP contribution in [-0.4, -0.2) is 26.1 Å². The van der Waals surface area contributed by atoms with Crippen LogP contribution in [-0.2, 0) is 13.0 Å². The molecule has 114 valence electrons. The van der Waals surface area contributed by atoms with Gasteiger partial charge in [-0.25, -0.2) is 9.78 Å². The fraction of sp³-hybridized carbons (Fsp3) is 0.462. The molecule has 0 saturated heterocycles. The third-order valence-corrected chi connectivity index (χ3v) is 3.23. The van der Waals surface area contributed by atoms with E-state index in [1.54, 1.807) is 12.5 Å². The molecule has 0 aliphatic heterocycles. The minimum absolute atomic E-state index is 0.182. The lowest BCUT2D eigenvalue weighted by atomic mass is 10.3. The van der Waals surface area contributed by atoms with Crippen LogP contribution in [0.2, 0.25) is 0 Å². The summed E-state index contributed by atoms with van der Waals surface area (Å²) >= 11 is 0. The van der Waals surface area contributed by atoms with E-state index in [0.717, 1.165) is 18.5 Å². The van der Waals surface area contributed by atoms with E-state index in [4.69, 9.17) is 5.73 Å². The molecule has 5 N–H and O–H groups in total. The normalized spacial score (nSPS) is 10.7. The Balaban J connectivity index is 2.14. The Kier molecular flexibility index (Phi) is 4.81. The highest BCUT2D eigenvalue weighted by Crippen LogP contribution is 2.10. The van der Waals surface area contributed by atoms with Gasteiger partial charge in [-0.05, 0) is 6.42 Å². The fourth-order valence-corrected chi connectivity index (χ4v) is 2.04. The Bertz CT molecular complexity index is 686. The molecule has 0 spiro atoms. The molecule has 21 heavy (non-hydrogen) atoms. The fourth-order valence-electron chi connectivity index (χ4n) is 2.04. The molecule has 2 aromatic rings. The molecule has 0 aliphatic carbocycles. The lowest BCUT2D eigenvalue weighted by molar-refractivity contribution is 0.605. The molecule has 0 saturated carbocycles. The van der Waals surface area contributed by atoms with Gasteiger partial charge in [0.05, 0.1) is 6.33 Å². The van der Waals surface area contributed by atoms with E-state index in [-0.39, 0.29) is 11.5 Å². The van der Waals surface area contributed by atoms with E-state index in [9.17, 15) is 9.59 Å². The zero-order valence-corrected chi connectivity index (χ0v) is 12.0. The first-order valence-electron chi connectivity index (χ1n) is 6.97. The highest BCUT2D eigenvalue weighted by molar-refractivity contribution is 5.60. The number of H-pyrrole nitrogens is 2. The van der Waals surface area contributed by atoms with Gasteiger partial charge in [-0.2, -0.15) is 0 Å². The van der Waals surface area contributed by atoms with E-state index >= 15 is 0 Å². The van der Waals surface area contributed by atoms with E-state index in [1.165, 1.54) is 4.57 Å². The van der Waals surface area contributed by atoms with Crippen molar-refractivity contribution in [2.45, 2.75) is 32.7 Å². The first-order chi connectivity index (χ1) is 10.1. The first kappa shape index (κ1) is 14.9. The first-order valence-corrected chi connectivity index (χ1v) is 6.97. The standard InChI is InChI=1S/C13H20N6O2/c1-2-3-6-19-11(14)10(12(20)18-13(19)21)16-5-4-9-7-15-8-17-9/h7-8,16H,2-6,14H2,1H3,(H,15,17)(H,18,20,21). The minimum Gasteiger partial charge on any atom is -0.383 e. The summed E-state index contributed by atoms with van der Waals surface area (Å²) in [5.41, 5.74) is 6.18. The summed E-state index contributed by atoms with van der Waals surface area (Å²) in [6.45, 7) is 3.03. The summed E-state index contributed by atoms with van der Waals surface area (Å²) in [6.07, 6.45) is 5.75. The van der Waals surface area contributed by atoms with Crippen molar-refractivity contribution >= 4 is 11.5 Å². The Morgan fingerprint density at radius 2 is 2.24 bits per heavy atom. The Morgan fingerprint density at radius 3 is 2.90 bits per heavy atom. The van der Waals surface area contributed by atoms with Crippen molar-refractivity contribution in [3.63, 3.8) is 0 Å². The number of nitrogens with zero attached hydrogens (tertiary/aromatic N) is 2. The highest BCUT2D eigenvalue weighted by atomic mass is 16.2. The smallest absolute Gasteiger partial charge is 0.330 e. The zero-order chi connectivity index (χ0) is 15.2. The summed E-state index contributed by atoms with van der Waals surface area (Å²) in [5, 5.41) is 2.99. The molecule has 0 aliphatic rings. The quantitative estimate of drug-likeness (QED) is 0.584. The van der Waals surface area contributed by atoms with Crippen molar-refractivity contribution in [3.8, 4) is 0 Å². The number of nitrogens with one attached hydrogen (secondary N) is 3. The summed E-state index contributed by atoms with van der Waals surface area (Å²) in [4.78, 5) is 32.8. The molecule has 2 rings (SSSR count). The summed E-state index contributed by atoms with van der Waals surface area (Å²) in [5.74, 6) is 0.182. The summed E-state index contributed by atoms with van der Waals surface area (Å²) in [6, 6.07) is 0. The van der Waals surface area contributed by atoms with Crippen molar-refractivity contribution in [2.24, 2.45) is 0 Å². The van der Waals surface area contributed by atoms with Crippen LogP contribution >= 0.6 is 0 Å². The molecule has 2 heterocycles. The van der Waals surface area contributed by atoms with Crippen LogP contribution in [0.3, 0.4) is 0 Å². The maximum Gasteiger partial charge on any atom is 0.330 e. The minimum atomic E-state index is -0.491. The molecule has 0 aromatic carbocycles. The molecule has 0 radical (unpaired) electrons. The number of nitrogens with two attached hydrogens (primary N) is 1. The number of rotatable bonds is 7. The van der Waals surface area contributed by atoms with Crippen LogP contribution in [0.25, 0.3) is 0 Å². The molecular formula is C13H20N6O2. The van der Waals surface area contributed by atoms with Gasteiger partial charge in [0.1, 0.15) is 11.5 Å². The van der Waals surface area contributed by atoms with Crippen LogP contribution < -0.4 is 22.3 Å². The Hall–Kier alpha value is -2.51. The van der Waals surface area contributed by atoms with Gasteiger partial charge in [0, 0.05) is 31.4 Å². The van der Waals surface area contributed by atoms with Crippen molar-refractivity contribution in [1.82, 2.24) is 19.5 Å². The largest absolute Gasteiger partial charge is 0.383 e. The van der Waals surface area contributed by atoms with E-state index in [2.05, 4.69) is 20.3 Å². The average Bonchev–Trinajstić information content (AvgIpc) is 2.95. The summed E-state index contributed by atoms with van der Waals surface area (Å²) in [7, 11) is 0. The number of hydrogen-bond acceptors (Lipinski definition) is 5. The molecule has 0 unspecified atom stereocenters. The predicted octanol–water partition coefficient (Wildman–Crippen LogP) is 0.297. The Morgan fingerprint density at radius 1 is 1.43 bits per heavy atom. The lowest BCUT2D eigenvalue weighted by Gasteiger charge is -2.13.